The predicted octanol–water partition coefficient (Wildman–Crippen LogP) is 4.47. The Morgan fingerprint density at radius 1 is 1.00 bits per heavy atom. The summed E-state index contributed by atoms with van der Waals surface area (Å²) in [5.74, 6) is 0.0799. The van der Waals surface area contributed by atoms with Crippen molar-refractivity contribution in [3.8, 4) is 0 Å². The van der Waals surface area contributed by atoms with E-state index in [4.69, 9.17) is 0 Å². The molecule has 1 N–H and O–H groups in total. The van der Waals surface area contributed by atoms with Gasteiger partial charge in [-0.3, -0.25) is 9.69 Å². The van der Waals surface area contributed by atoms with Gasteiger partial charge in [-0.25, -0.2) is 0 Å². The maximum absolute atomic E-state index is 12.3. The molecule has 1 fully saturated rings. The number of piperidine rings is 1. The third-order valence-corrected chi connectivity index (χ3v) is 5.88. The molecule has 2 aromatic rings. The zero-order valence-electron chi connectivity index (χ0n) is 15.5. The molecule has 0 spiro atoms. The maximum Gasteiger partial charge on any atom is 0.233 e. The Kier molecular flexibility index (Phi) is 7.15. The lowest BCUT2D eigenvalue weighted by atomic mass is 10.1. The van der Waals surface area contributed by atoms with Crippen molar-refractivity contribution in [2.45, 2.75) is 49.4 Å². The van der Waals surface area contributed by atoms with Gasteiger partial charge >= 0.3 is 0 Å². The topological polar surface area (TPSA) is 32.3 Å². The van der Waals surface area contributed by atoms with Gasteiger partial charge in [0.2, 0.25) is 5.91 Å². The average Bonchev–Trinajstić information content (AvgIpc) is 2.69. The Morgan fingerprint density at radius 3 is 2.35 bits per heavy atom. The largest absolute Gasteiger partial charge is 0.351 e. The first-order valence-corrected chi connectivity index (χ1v) is 10.4. The summed E-state index contributed by atoms with van der Waals surface area (Å²) in [6, 6.07) is 18.7. The van der Waals surface area contributed by atoms with Gasteiger partial charge in [0, 0.05) is 18.0 Å². The number of thioether (sulfide) groups is 1. The van der Waals surface area contributed by atoms with Gasteiger partial charge in [-0.05, 0) is 56.1 Å². The molecule has 1 aliphatic heterocycles. The van der Waals surface area contributed by atoms with Crippen molar-refractivity contribution in [1.82, 2.24) is 10.2 Å². The van der Waals surface area contributed by atoms with Gasteiger partial charge in [-0.2, -0.15) is 0 Å². The van der Waals surface area contributed by atoms with E-state index in [-0.39, 0.29) is 11.2 Å². The highest BCUT2D eigenvalue weighted by Gasteiger charge is 2.14. The summed E-state index contributed by atoms with van der Waals surface area (Å²) in [6.45, 7) is 6.01. The van der Waals surface area contributed by atoms with Crippen molar-refractivity contribution in [3.05, 3.63) is 65.7 Å². The van der Waals surface area contributed by atoms with Crippen LogP contribution in [0.3, 0.4) is 0 Å². The highest BCUT2D eigenvalue weighted by atomic mass is 32.2. The molecule has 1 heterocycles. The standard InChI is InChI=1S/C22H28N2OS/c1-18(26-21-8-4-2-5-9-21)22(25)23-16-19-10-12-20(13-11-19)17-24-14-6-3-7-15-24/h2,4-5,8-13,18H,3,6-7,14-17H2,1H3,(H,23,25)/t18-/m0/s1. The summed E-state index contributed by atoms with van der Waals surface area (Å²) in [6.07, 6.45) is 4.02. The minimum atomic E-state index is -0.101. The number of benzene rings is 2. The van der Waals surface area contributed by atoms with Crippen LogP contribution in [0.4, 0.5) is 0 Å². The number of rotatable bonds is 7. The van der Waals surface area contributed by atoms with Crippen LogP contribution in [-0.2, 0) is 17.9 Å². The summed E-state index contributed by atoms with van der Waals surface area (Å²) in [4.78, 5) is 16.0. The Morgan fingerprint density at radius 2 is 1.65 bits per heavy atom. The number of likely N-dealkylation sites (tertiary alicyclic amines) is 1. The first-order valence-electron chi connectivity index (χ1n) is 9.50. The van der Waals surface area contributed by atoms with Crippen molar-refractivity contribution in [1.29, 1.82) is 0 Å². The highest BCUT2D eigenvalue weighted by molar-refractivity contribution is 8.00. The zero-order valence-corrected chi connectivity index (χ0v) is 16.3. The molecule has 1 atom stereocenters. The van der Waals surface area contributed by atoms with Crippen LogP contribution in [-0.4, -0.2) is 29.1 Å². The van der Waals surface area contributed by atoms with E-state index in [0.717, 1.165) is 17.0 Å². The van der Waals surface area contributed by atoms with Crippen molar-refractivity contribution < 1.29 is 4.79 Å². The number of nitrogens with one attached hydrogen (secondary N) is 1. The Hall–Kier alpha value is -1.78. The lowest BCUT2D eigenvalue weighted by molar-refractivity contribution is -0.120. The zero-order chi connectivity index (χ0) is 18.2. The second-order valence-electron chi connectivity index (χ2n) is 6.94. The van der Waals surface area contributed by atoms with Crippen LogP contribution in [0.5, 0.6) is 0 Å². The van der Waals surface area contributed by atoms with Crippen molar-refractivity contribution >= 4 is 17.7 Å². The predicted molar refractivity (Wildman–Crippen MR) is 109 cm³/mol. The molecule has 26 heavy (non-hydrogen) atoms. The number of amides is 1. The fraction of sp³-hybridized carbons (Fsp3) is 0.409. The van der Waals surface area contributed by atoms with Crippen LogP contribution in [0, 0.1) is 0 Å². The monoisotopic (exact) mass is 368 g/mol. The molecule has 0 unspecified atom stereocenters. The summed E-state index contributed by atoms with van der Waals surface area (Å²) >= 11 is 1.59. The van der Waals surface area contributed by atoms with E-state index >= 15 is 0 Å². The summed E-state index contributed by atoms with van der Waals surface area (Å²) in [5, 5.41) is 2.95. The number of nitrogens with zero attached hydrogens (tertiary/aromatic N) is 1. The number of hydrogen-bond acceptors (Lipinski definition) is 3. The molecule has 3 rings (SSSR count). The molecule has 3 nitrogen and oxygen atoms in total. The van der Waals surface area contributed by atoms with E-state index in [1.807, 2.05) is 37.3 Å². The molecule has 4 heteroatoms. The van der Waals surface area contributed by atoms with E-state index in [1.54, 1.807) is 11.8 Å². The third-order valence-electron chi connectivity index (χ3n) is 4.77. The quantitative estimate of drug-likeness (QED) is 0.732. The second kappa shape index (κ2) is 9.79. The van der Waals surface area contributed by atoms with Gasteiger partial charge in [0.15, 0.2) is 0 Å². The lowest BCUT2D eigenvalue weighted by Crippen LogP contribution is -2.30. The maximum atomic E-state index is 12.3. The molecular weight excluding hydrogens is 340 g/mol. The molecule has 0 saturated carbocycles. The Labute approximate surface area is 161 Å². The molecule has 1 amide bonds. The van der Waals surface area contributed by atoms with Gasteiger partial charge in [0.1, 0.15) is 0 Å². The van der Waals surface area contributed by atoms with Gasteiger partial charge in [0.05, 0.1) is 5.25 Å². The average molecular weight is 369 g/mol. The molecule has 0 aromatic heterocycles. The first-order chi connectivity index (χ1) is 12.7. The van der Waals surface area contributed by atoms with E-state index in [9.17, 15) is 4.79 Å². The third kappa shape index (κ3) is 5.89. The van der Waals surface area contributed by atoms with Gasteiger partial charge in [-0.15, -0.1) is 11.8 Å². The fourth-order valence-electron chi connectivity index (χ4n) is 3.23. The molecule has 0 bridgehead atoms. The van der Waals surface area contributed by atoms with Crippen molar-refractivity contribution in [2.75, 3.05) is 13.1 Å². The fourth-order valence-corrected chi connectivity index (χ4v) is 4.14. The molecule has 2 aromatic carbocycles. The number of carbonyl (C=O) groups is 1. The van der Waals surface area contributed by atoms with E-state index in [1.165, 1.54) is 37.9 Å². The van der Waals surface area contributed by atoms with Crippen LogP contribution < -0.4 is 5.32 Å². The summed E-state index contributed by atoms with van der Waals surface area (Å²) < 4.78 is 0. The molecule has 1 saturated heterocycles. The van der Waals surface area contributed by atoms with Crippen LogP contribution in [0.15, 0.2) is 59.5 Å². The molecular formula is C22H28N2OS. The summed E-state index contributed by atoms with van der Waals surface area (Å²) in [7, 11) is 0. The Bertz CT molecular complexity index is 681. The minimum Gasteiger partial charge on any atom is -0.351 e. The highest BCUT2D eigenvalue weighted by Crippen LogP contribution is 2.22. The molecule has 0 radical (unpaired) electrons. The van der Waals surface area contributed by atoms with Crippen LogP contribution in [0.1, 0.15) is 37.3 Å². The normalized spacial score (nSPS) is 16.2. The summed E-state index contributed by atoms with van der Waals surface area (Å²) in [5.41, 5.74) is 2.51. The van der Waals surface area contributed by atoms with Crippen LogP contribution in [0.2, 0.25) is 0 Å². The Balaban J connectivity index is 1.44. The lowest BCUT2D eigenvalue weighted by Gasteiger charge is -2.26. The van der Waals surface area contributed by atoms with Gasteiger partial charge in [-0.1, -0.05) is 48.9 Å². The van der Waals surface area contributed by atoms with Crippen molar-refractivity contribution in [3.63, 3.8) is 0 Å². The van der Waals surface area contributed by atoms with E-state index < -0.39 is 0 Å². The van der Waals surface area contributed by atoms with Crippen molar-refractivity contribution in [2.24, 2.45) is 0 Å². The SMILES string of the molecule is C[C@H](Sc1ccccc1)C(=O)NCc1ccc(CN2CCCCC2)cc1. The number of hydrogen-bond donors (Lipinski definition) is 1. The van der Waals surface area contributed by atoms with E-state index in [0.29, 0.717) is 6.54 Å². The van der Waals surface area contributed by atoms with E-state index in [2.05, 4.69) is 34.5 Å². The molecule has 138 valence electrons. The van der Waals surface area contributed by atoms with Gasteiger partial charge in [0.25, 0.3) is 0 Å². The number of carbonyl (C=O) groups excluding carboxylic acids is 1. The van der Waals surface area contributed by atoms with Crippen LogP contribution >= 0.6 is 11.8 Å². The smallest absolute Gasteiger partial charge is 0.233 e. The van der Waals surface area contributed by atoms with Crippen LogP contribution in [0.25, 0.3) is 0 Å². The first kappa shape index (κ1) is 19.0. The molecule has 1 aliphatic rings. The minimum absolute atomic E-state index is 0.0799. The van der Waals surface area contributed by atoms with Gasteiger partial charge < -0.3 is 5.32 Å². The second-order valence-corrected chi connectivity index (χ2v) is 8.36. The molecule has 0 aliphatic carbocycles.